The second-order valence-corrected chi connectivity index (χ2v) is 5.16. The molecule has 1 heterocycles. The smallest absolute Gasteiger partial charge is 0.274 e. The van der Waals surface area contributed by atoms with Crippen LogP contribution in [-0.2, 0) is 13.6 Å². The lowest BCUT2D eigenvalue weighted by atomic mass is 10.0. The van der Waals surface area contributed by atoms with E-state index in [1.165, 1.54) is 0 Å². The standard InChI is InChI=1S/C19H18N2O/c1-3-14-21-18(16-12-8-5-9-13-16)17(19(22)20(21)2)15-10-6-4-7-11-15/h3-13H,1,14H2,2H3. The average molecular weight is 290 g/mol. The van der Waals surface area contributed by atoms with Crippen LogP contribution in [0.25, 0.3) is 22.4 Å². The minimum Gasteiger partial charge on any atom is -0.278 e. The van der Waals surface area contributed by atoms with Crippen molar-refractivity contribution in [2.24, 2.45) is 7.05 Å². The van der Waals surface area contributed by atoms with Gasteiger partial charge in [0.25, 0.3) is 5.56 Å². The fraction of sp³-hybridized carbons (Fsp3) is 0.105. The van der Waals surface area contributed by atoms with Crippen molar-refractivity contribution < 1.29 is 0 Å². The lowest BCUT2D eigenvalue weighted by Gasteiger charge is -2.11. The minimum absolute atomic E-state index is 0.00639. The van der Waals surface area contributed by atoms with E-state index in [1.807, 2.05) is 65.3 Å². The van der Waals surface area contributed by atoms with E-state index >= 15 is 0 Å². The van der Waals surface area contributed by atoms with Crippen molar-refractivity contribution in [2.45, 2.75) is 6.54 Å². The van der Waals surface area contributed by atoms with Crippen LogP contribution in [-0.4, -0.2) is 9.36 Å². The number of allylic oxidation sites excluding steroid dienone is 1. The Kier molecular flexibility index (Phi) is 3.79. The highest BCUT2D eigenvalue weighted by Crippen LogP contribution is 2.29. The first-order valence-electron chi connectivity index (χ1n) is 7.25. The molecule has 3 aromatic rings. The molecule has 22 heavy (non-hydrogen) atoms. The van der Waals surface area contributed by atoms with E-state index in [0.717, 1.165) is 22.4 Å². The number of hydrogen-bond acceptors (Lipinski definition) is 1. The summed E-state index contributed by atoms with van der Waals surface area (Å²) in [6.45, 7) is 4.39. The van der Waals surface area contributed by atoms with Crippen LogP contribution in [0.5, 0.6) is 0 Å². The molecule has 0 N–H and O–H groups in total. The van der Waals surface area contributed by atoms with Gasteiger partial charge in [0.15, 0.2) is 0 Å². The predicted molar refractivity (Wildman–Crippen MR) is 90.7 cm³/mol. The van der Waals surface area contributed by atoms with Gasteiger partial charge in [0.2, 0.25) is 0 Å². The molecule has 3 nitrogen and oxygen atoms in total. The van der Waals surface area contributed by atoms with Crippen LogP contribution in [0.3, 0.4) is 0 Å². The van der Waals surface area contributed by atoms with Crippen molar-refractivity contribution in [3.63, 3.8) is 0 Å². The van der Waals surface area contributed by atoms with E-state index in [9.17, 15) is 4.79 Å². The Balaban J connectivity index is 2.37. The molecule has 110 valence electrons. The van der Waals surface area contributed by atoms with Crippen LogP contribution >= 0.6 is 0 Å². The highest BCUT2D eigenvalue weighted by molar-refractivity contribution is 5.80. The van der Waals surface area contributed by atoms with E-state index in [1.54, 1.807) is 17.8 Å². The van der Waals surface area contributed by atoms with E-state index in [2.05, 4.69) is 6.58 Å². The molecule has 0 fully saturated rings. The molecule has 0 saturated carbocycles. The van der Waals surface area contributed by atoms with Crippen LogP contribution in [0.15, 0.2) is 78.1 Å². The van der Waals surface area contributed by atoms with E-state index in [4.69, 9.17) is 0 Å². The van der Waals surface area contributed by atoms with Gasteiger partial charge in [-0.25, -0.2) is 0 Å². The summed E-state index contributed by atoms with van der Waals surface area (Å²) in [6.07, 6.45) is 1.81. The zero-order chi connectivity index (χ0) is 15.5. The van der Waals surface area contributed by atoms with Crippen LogP contribution in [0, 0.1) is 0 Å². The van der Waals surface area contributed by atoms with Gasteiger partial charge in [-0.2, -0.15) is 0 Å². The van der Waals surface area contributed by atoms with Crippen molar-refractivity contribution >= 4 is 0 Å². The molecule has 0 saturated heterocycles. The van der Waals surface area contributed by atoms with Crippen molar-refractivity contribution in [2.75, 3.05) is 0 Å². The molecule has 0 aliphatic rings. The third-order valence-electron chi connectivity index (χ3n) is 3.78. The van der Waals surface area contributed by atoms with Crippen molar-refractivity contribution in [1.29, 1.82) is 0 Å². The number of hydrogen-bond donors (Lipinski definition) is 0. The monoisotopic (exact) mass is 290 g/mol. The molecule has 0 aliphatic heterocycles. The van der Waals surface area contributed by atoms with Crippen molar-refractivity contribution in [1.82, 2.24) is 9.36 Å². The molecular weight excluding hydrogens is 272 g/mol. The predicted octanol–water partition coefficient (Wildman–Crippen LogP) is 3.71. The Bertz CT molecular complexity index is 842. The first-order chi connectivity index (χ1) is 10.7. The van der Waals surface area contributed by atoms with Gasteiger partial charge in [-0.1, -0.05) is 66.7 Å². The number of nitrogens with zero attached hydrogens (tertiary/aromatic N) is 2. The van der Waals surface area contributed by atoms with Gasteiger partial charge in [0.05, 0.1) is 17.8 Å². The van der Waals surface area contributed by atoms with Crippen molar-refractivity contribution in [3.05, 3.63) is 83.7 Å². The van der Waals surface area contributed by atoms with Crippen LogP contribution in [0.1, 0.15) is 0 Å². The maximum Gasteiger partial charge on any atom is 0.274 e. The summed E-state index contributed by atoms with van der Waals surface area (Å²) >= 11 is 0. The largest absolute Gasteiger partial charge is 0.278 e. The van der Waals surface area contributed by atoms with Crippen molar-refractivity contribution in [3.8, 4) is 22.4 Å². The Morgan fingerprint density at radius 1 is 0.955 bits per heavy atom. The first kappa shape index (κ1) is 14.1. The number of rotatable bonds is 4. The molecule has 0 aliphatic carbocycles. The molecule has 0 atom stereocenters. The molecule has 3 rings (SSSR count). The third kappa shape index (κ3) is 2.31. The Morgan fingerprint density at radius 2 is 1.50 bits per heavy atom. The summed E-state index contributed by atoms with van der Waals surface area (Å²) in [6, 6.07) is 19.8. The number of benzene rings is 2. The normalized spacial score (nSPS) is 10.6. The summed E-state index contributed by atoms with van der Waals surface area (Å²) in [4.78, 5) is 12.8. The summed E-state index contributed by atoms with van der Waals surface area (Å²) < 4.78 is 3.62. The fourth-order valence-electron chi connectivity index (χ4n) is 2.74. The molecule has 3 heteroatoms. The summed E-state index contributed by atoms with van der Waals surface area (Å²) in [5, 5.41) is 0. The summed E-state index contributed by atoms with van der Waals surface area (Å²) in [5.41, 5.74) is 3.63. The van der Waals surface area contributed by atoms with E-state index < -0.39 is 0 Å². The molecule has 0 bridgehead atoms. The molecule has 1 aromatic heterocycles. The maximum absolute atomic E-state index is 12.8. The molecule has 2 aromatic carbocycles. The zero-order valence-electron chi connectivity index (χ0n) is 12.6. The van der Waals surface area contributed by atoms with Gasteiger partial charge >= 0.3 is 0 Å². The van der Waals surface area contributed by atoms with Crippen LogP contribution in [0.4, 0.5) is 0 Å². The summed E-state index contributed by atoms with van der Waals surface area (Å²) in [5.74, 6) is 0. The minimum atomic E-state index is 0.00639. The lowest BCUT2D eigenvalue weighted by molar-refractivity contribution is 0.551. The first-order valence-corrected chi connectivity index (χ1v) is 7.25. The third-order valence-corrected chi connectivity index (χ3v) is 3.78. The van der Waals surface area contributed by atoms with Crippen LogP contribution in [0.2, 0.25) is 0 Å². The summed E-state index contributed by atoms with van der Waals surface area (Å²) in [7, 11) is 1.80. The molecule has 0 spiro atoms. The Morgan fingerprint density at radius 3 is 2.05 bits per heavy atom. The maximum atomic E-state index is 12.8. The zero-order valence-corrected chi connectivity index (χ0v) is 12.6. The van der Waals surface area contributed by atoms with Gasteiger partial charge in [-0.15, -0.1) is 6.58 Å². The van der Waals surface area contributed by atoms with Gasteiger partial charge in [-0.05, 0) is 5.56 Å². The van der Waals surface area contributed by atoms with Gasteiger partial charge in [-0.3, -0.25) is 14.2 Å². The second kappa shape index (κ2) is 5.90. The van der Waals surface area contributed by atoms with Gasteiger partial charge in [0, 0.05) is 12.6 Å². The second-order valence-electron chi connectivity index (χ2n) is 5.16. The lowest BCUT2D eigenvalue weighted by Crippen LogP contribution is -2.19. The highest BCUT2D eigenvalue weighted by atomic mass is 16.1. The van der Waals surface area contributed by atoms with Gasteiger partial charge < -0.3 is 0 Å². The number of aromatic nitrogens is 2. The quantitative estimate of drug-likeness (QED) is 0.673. The van der Waals surface area contributed by atoms with Gasteiger partial charge in [0.1, 0.15) is 0 Å². The van der Waals surface area contributed by atoms with E-state index in [-0.39, 0.29) is 5.56 Å². The Hall–Kier alpha value is -2.81. The fourth-order valence-corrected chi connectivity index (χ4v) is 2.74. The molecular formula is C19H18N2O. The SMILES string of the molecule is C=CCn1c(-c2ccccc2)c(-c2ccccc2)c(=O)n1C. The Labute approximate surface area is 129 Å². The average Bonchev–Trinajstić information content (AvgIpc) is 2.82. The molecule has 0 unspecified atom stereocenters. The topological polar surface area (TPSA) is 26.9 Å². The van der Waals surface area contributed by atoms with E-state index in [0.29, 0.717) is 6.54 Å². The molecule has 0 radical (unpaired) electrons. The highest BCUT2D eigenvalue weighted by Gasteiger charge is 2.20. The molecule has 0 amide bonds. The van der Waals surface area contributed by atoms with Crippen LogP contribution < -0.4 is 5.56 Å².